The van der Waals surface area contributed by atoms with Gasteiger partial charge in [0, 0.05) is 11.6 Å². The first-order valence-electron chi connectivity index (χ1n) is 9.37. The highest BCUT2D eigenvalue weighted by molar-refractivity contribution is 6.32. The van der Waals surface area contributed by atoms with Gasteiger partial charge < -0.3 is 18.9 Å². The molecule has 0 spiro atoms. The van der Waals surface area contributed by atoms with Gasteiger partial charge in [-0.05, 0) is 48.5 Å². The quantitative estimate of drug-likeness (QED) is 0.295. The molecule has 0 bridgehead atoms. The van der Waals surface area contributed by atoms with Crippen molar-refractivity contribution in [3.05, 3.63) is 87.9 Å². The van der Waals surface area contributed by atoms with Gasteiger partial charge >= 0.3 is 5.97 Å². The van der Waals surface area contributed by atoms with E-state index < -0.39 is 17.6 Å². The lowest BCUT2D eigenvalue weighted by molar-refractivity contribution is 0.0734. The Morgan fingerprint density at radius 1 is 1.03 bits per heavy atom. The molecule has 3 aromatic rings. The molecule has 32 heavy (non-hydrogen) atoms. The molecule has 0 radical (unpaired) electrons. The van der Waals surface area contributed by atoms with E-state index in [1.165, 1.54) is 68.8 Å². The molecule has 0 atom stereocenters. The van der Waals surface area contributed by atoms with Gasteiger partial charge in [0.25, 0.3) is 0 Å². The number of methoxy groups -OCH3 is 2. The maximum absolute atomic E-state index is 14.1. The van der Waals surface area contributed by atoms with Crippen molar-refractivity contribution >= 4 is 29.4 Å². The molecule has 1 aliphatic heterocycles. The second-order valence-corrected chi connectivity index (χ2v) is 7.10. The van der Waals surface area contributed by atoms with Crippen LogP contribution in [0.3, 0.4) is 0 Å². The molecule has 4 rings (SSSR count). The molecule has 0 aromatic heterocycles. The number of carbonyl (C=O) groups is 2. The van der Waals surface area contributed by atoms with Crippen molar-refractivity contribution in [2.45, 2.75) is 0 Å². The number of fused-ring (bicyclic) bond motifs is 1. The molecule has 1 aliphatic rings. The first-order valence-corrected chi connectivity index (χ1v) is 9.75. The van der Waals surface area contributed by atoms with E-state index in [1.807, 2.05) is 0 Å². The summed E-state index contributed by atoms with van der Waals surface area (Å²) in [5.74, 6) is -0.527. The summed E-state index contributed by atoms with van der Waals surface area (Å²) in [5, 5.41) is 0.148. The maximum atomic E-state index is 14.1. The van der Waals surface area contributed by atoms with E-state index >= 15 is 0 Å². The SMILES string of the molecule is COc1ccc(C(=O)Oc2ccc3c(c2)OC(=Cc2c(F)cccc2Cl)C3=O)cc1OC. The summed E-state index contributed by atoms with van der Waals surface area (Å²) >= 11 is 6.02. The maximum Gasteiger partial charge on any atom is 0.343 e. The van der Waals surface area contributed by atoms with Crippen LogP contribution >= 0.6 is 11.6 Å². The summed E-state index contributed by atoms with van der Waals surface area (Å²) in [6, 6.07) is 13.2. The summed E-state index contributed by atoms with van der Waals surface area (Å²) in [4.78, 5) is 25.2. The largest absolute Gasteiger partial charge is 0.493 e. The van der Waals surface area contributed by atoms with Crippen molar-refractivity contribution in [3.63, 3.8) is 0 Å². The Balaban J connectivity index is 1.57. The molecule has 162 valence electrons. The normalized spacial score (nSPS) is 13.5. The van der Waals surface area contributed by atoms with Gasteiger partial charge in [0.2, 0.25) is 5.78 Å². The fraction of sp³-hybridized carbons (Fsp3) is 0.0833. The molecule has 0 amide bonds. The lowest BCUT2D eigenvalue weighted by atomic mass is 10.1. The van der Waals surface area contributed by atoms with E-state index in [9.17, 15) is 14.0 Å². The molecule has 0 N–H and O–H groups in total. The second-order valence-electron chi connectivity index (χ2n) is 6.69. The Hall–Kier alpha value is -3.84. The molecule has 6 nitrogen and oxygen atoms in total. The highest BCUT2D eigenvalue weighted by Crippen LogP contribution is 2.36. The third-order valence-corrected chi connectivity index (χ3v) is 5.08. The van der Waals surface area contributed by atoms with Crippen LogP contribution in [0.15, 0.2) is 60.4 Å². The predicted molar refractivity (Wildman–Crippen MR) is 115 cm³/mol. The fourth-order valence-electron chi connectivity index (χ4n) is 3.14. The van der Waals surface area contributed by atoms with Gasteiger partial charge in [0.05, 0.1) is 30.4 Å². The standard InChI is InChI=1S/C24H16ClFO6/c1-29-19-9-6-13(10-21(19)30-2)24(28)31-14-7-8-15-20(11-14)32-22(23(15)27)12-16-17(25)4-3-5-18(16)26/h3-12H,1-2H3. The Kier molecular flexibility index (Phi) is 5.83. The Bertz CT molecular complexity index is 1250. The second kappa shape index (κ2) is 8.72. The minimum atomic E-state index is -0.635. The first-order chi connectivity index (χ1) is 15.4. The molecule has 0 saturated carbocycles. The van der Waals surface area contributed by atoms with Crippen molar-refractivity contribution in [3.8, 4) is 23.0 Å². The van der Waals surface area contributed by atoms with E-state index in [-0.39, 0.29) is 39.0 Å². The molecular formula is C24H16ClFO6. The number of ether oxygens (including phenoxy) is 4. The molecule has 0 unspecified atom stereocenters. The minimum Gasteiger partial charge on any atom is -0.493 e. The van der Waals surface area contributed by atoms with Gasteiger partial charge in [-0.3, -0.25) is 4.79 Å². The zero-order valence-electron chi connectivity index (χ0n) is 17.0. The molecule has 0 saturated heterocycles. The lowest BCUT2D eigenvalue weighted by Gasteiger charge is -2.10. The Labute approximate surface area is 187 Å². The van der Waals surface area contributed by atoms with Crippen LogP contribution in [-0.2, 0) is 0 Å². The topological polar surface area (TPSA) is 71.1 Å². The summed E-state index contributed by atoms with van der Waals surface area (Å²) in [7, 11) is 2.95. The molecule has 1 heterocycles. The van der Waals surface area contributed by atoms with Crippen LogP contribution in [0.5, 0.6) is 23.0 Å². The monoisotopic (exact) mass is 454 g/mol. The highest BCUT2D eigenvalue weighted by Gasteiger charge is 2.29. The third-order valence-electron chi connectivity index (χ3n) is 4.75. The van der Waals surface area contributed by atoms with E-state index in [0.717, 1.165) is 0 Å². The van der Waals surface area contributed by atoms with Gasteiger partial charge in [-0.1, -0.05) is 17.7 Å². The number of Topliss-reactive ketones (excluding diaryl/α,β-unsaturated/α-hetero) is 1. The predicted octanol–water partition coefficient (Wildman–Crippen LogP) is 5.33. The lowest BCUT2D eigenvalue weighted by Crippen LogP contribution is -2.09. The number of hydrogen-bond donors (Lipinski definition) is 0. The van der Waals surface area contributed by atoms with E-state index in [4.69, 9.17) is 30.5 Å². The zero-order chi connectivity index (χ0) is 22.8. The van der Waals surface area contributed by atoms with Crippen LogP contribution in [0, 0.1) is 5.82 Å². The van der Waals surface area contributed by atoms with Crippen molar-refractivity contribution < 1.29 is 32.9 Å². The molecule has 3 aromatic carbocycles. The van der Waals surface area contributed by atoms with Crippen molar-refractivity contribution in [1.29, 1.82) is 0 Å². The summed E-state index contributed by atoms with van der Waals surface area (Å²) in [6.45, 7) is 0. The van der Waals surface area contributed by atoms with Crippen LogP contribution in [0.4, 0.5) is 4.39 Å². The number of carbonyl (C=O) groups excluding carboxylic acids is 2. The molecule has 8 heteroatoms. The number of esters is 1. The molecular weight excluding hydrogens is 439 g/mol. The fourth-order valence-corrected chi connectivity index (χ4v) is 3.36. The van der Waals surface area contributed by atoms with Crippen LogP contribution in [0.2, 0.25) is 5.02 Å². The van der Waals surface area contributed by atoms with Gasteiger partial charge in [0.1, 0.15) is 17.3 Å². The van der Waals surface area contributed by atoms with Gasteiger partial charge in [-0.25, -0.2) is 9.18 Å². The number of allylic oxidation sites excluding steroid dienone is 1. The van der Waals surface area contributed by atoms with Crippen LogP contribution in [0.25, 0.3) is 6.08 Å². The molecule has 0 aliphatic carbocycles. The van der Waals surface area contributed by atoms with Gasteiger partial charge in [-0.15, -0.1) is 0 Å². The van der Waals surface area contributed by atoms with Gasteiger partial charge in [0.15, 0.2) is 17.3 Å². The number of rotatable bonds is 5. The average Bonchev–Trinajstić information content (AvgIpc) is 3.10. The highest BCUT2D eigenvalue weighted by atomic mass is 35.5. The zero-order valence-corrected chi connectivity index (χ0v) is 17.7. The third kappa shape index (κ3) is 4.02. The smallest absolute Gasteiger partial charge is 0.343 e. The minimum absolute atomic E-state index is 0.0467. The van der Waals surface area contributed by atoms with Crippen molar-refractivity contribution in [1.82, 2.24) is 0 Å². The summed E-state index contributed by atoms with van der Waals surface area (Å²) < 4.78 is 35.4. The van der Waals surface area contributed by atoms with Gasteiger partial charge in [-0.2, -0.15) is 0 Å². The van der Waals surface area contributed by atoms with E-state index in [2.05, 4.69) is 0 Å². The van der Waals surface area contributed by atoms with Crippen LogP contribution in [-0.4, -0.2) is 26.0 Å². The van der Waals surface area contributed by atoms with Crippen LogP contribution < -0.4 is 18.9 Å². The number of hydrogen-bond acceptors (Lipinski definition) is 6. The Morgan fingerprint density at radius 3 is 2.53 bits per heavy atom. The van der Waals surface area contributed by atoms with Crippen LogP contribution in [0.1, 0.15) is 26.3 Å². The average molecular weight is 455 g/mol. The number of halogens is 2. The summed E-state index contributed by atoms with van der Waals surface area (Å²) in [5.41, 5.74) is 0.551. The van der Waals surface area contributed by atoms with E-state index in [0.29, 0.717) is 11.5 Å². The molecule has 0 fully saturated rings. The number of ketones is 1. The summed E-state index contributed by atoms with van der Waals surface area (Å²) in [6.07, 6.45) is 1.25. The first kappa shape index (κ1) is 21.4. The number of benzene rings is 3. The van der Waals surface area contributed by atoms with Crippen molar-refractivity contribution in [2.24, 2.45) is 0 Å². The van der Waals surface area contributed by atoms with Crippen molar-refractivity contribution in [2.75, 3.05) is 14.2 Å². The Morgan fingerprint density at radius 2 is 1.81 bits per heavy atom. The van der Waals surface area contributed by atoms with E-state index in [1.54, 1.807) is 6.07 Å².